The molecule has 3 aromatic rings. The van der Waals surface area contributed by atoms with Gasteiger partial charge in [0.25, 0.3) is 5.91 Å². The minimum Gasteiger partial charge on any atom is -0.292 e. The Hall–Kier alpha value is -2.81. The topological polar surface area (TPSA) is 53.0 Å². The van der Waals surface area contributed by atoms with Crippen LogP contribution in [0.3, 0.4) is 0 Å². The van der Waals surface area contributed by atoms with Crippen LogP contribution in [0.15, 0.2) is 82.1 Å². The van der Waals surface area contributed by atoms with Crippen LogP contribution < -0.4 is 9.91 Å². The first-order valence-electron chi connectivity index (χ1n) is 9.97. The maximum absolute atomic E-state index is 13.8. The van der Waals surface area contributed by atoms with Crippen molar-refractivity contribution in [3.8, 4) is 0 Å². The number of carbonyl (C=O) groups is 2. The van der Waals surface area contributed by atoms with Crippen LogP contribution in [0, 0.1) is 6.92 Å². The van der Waals surface area contributed by atoms with E-state index in [1.54, 1.807) is 21.2 Å². The van der Waals surface area contributed by atoms with Gasteiger partial charge in [-0.1, -0.05) is 53.7 Å². The van der Waals surface area contributed by atoms with Gasteiger partial charge < -0.3 is 0 Å². The van der Waals surface area contributed by atoms with Crippen molar-refractivity contribution in [3.05, 3.63) is 87.5 Å². The quantitative estimate of drug-likeness (QED) is 0.435. The lowest BCUT2D eigenvalue weighted by Gasteiger charge is -2.38. The standard InChI is InChI=1S/C24H19N3O2S3/c1-16-10-12-19(13-11-16)27-24(32-22(25-27)17(2)28)26(18-7-4-3-5-8-18)23(29)21(31-24)15-20-9-6-14-30-20/h3-15H,1-2H3. The Morgan fingerprint density at radius 1 is 0.969 bits per heavy atom. The zero-order chi connectivity index (χ0) is 22.3. The number of hydrazone groups is 1. The second-order valence-electron chi connectivity index (χ2n) is 7.36. The summed E-state index contributed by atoms with van der Waals surface area (Å²) in [5, 5.41) is 8.86. The highest BCUT2D eigenvalue weighted by atomic mass is 32.2. The molecule has 1 fully saturated rings. The molecule has 0 aliphatic carbocycles. The van der Waals surface area contributed by atoms with Gasteiger partial charge in [-0.25, -0.2) is 5.01 Å². The molecule has 1 spiro atoms. The molecule has 2 aromatic carbocycles. The van der Waals surface area contributed by atoms with E-state index in [4.69, 9.17) is 0 Å². The van der Waals surface area contributed by atoms with E-state index in [0.29, 0.717) is 9.95 Å². The van der Waals surface area contributed by atoms with Gasteiger partial charge >= 0.3 is 0 Å². The zero-order valence-corrected chi connectivity index (χ0v) is 19.8. The number of para-hydroxylation sites is 1. The molecule has 1 unspecified atom stereocenters. The molecule has 0 bridgehead atoms. The molecule has 1 atom stereocenters. The van der Waals surface area contributed by atoms with E-state index in [1.165, 1.54) is 30.4 Å². The summed E-state index contributed by atoms with van der Waals surface area (Å²) in [5.41, 5.74) is 2.70. The second-order valence-corrected chi connectivity index (χ2v) is 11.0. The van der Waals surface area contributed by atoms with Crippen molar-refractivity contribution in [1.29, 1.82) is 0 Å². The van der Waals surface area contributed by atoms with Gasteiger partial charge in [0, 0.05) is 17.5 Å². The van der Waals surface area contributed by atoms with Crippen molar-refractivity contribution in [2.45, 2.75) is 18.2 Å². The normalized spacial score (nSPS) is 21.6. The Labute approximate surface area is 198 Å². The molecule has 2 aliphatic heterocycles. The van der Waals surface area contributed by atoms with Crippen molar-refractivity contribution in [1.82, 2.24) is 0 Å². The molecule has 32 heavy (non-hydrogen) atoms. The molecule has 0 saturated carbocycles. The minimum atomic E-state index is -0.974. The zero-order valence-electron chi connectivity index (χ0n) is 17.4. The third kappa shape index (κ3) is 3.58. The van der Waals surface area contributed by atoms with Gasteiger partial charge in [0.05, 0.1) is 10.6 Å². The van der Waals surface area contributed by atoms with Crippen LogP contribution in [-0.2, 0) is 9.59 Å². The number of Topliss-reactive ketones (excluding diaryl/α,β-unsaturated/α-hetero) is 1. The number of carbonyl (C=O) groups excluding carboxylic acids is 2. The Bertz CT molecular complexity index is 1240. The van der Waals surface area contributed by atoms with Crippen molar-refractivity contribution >= 4 is 69.0 Å². The monoisotopic (exact) mass is 477 g/mol. The molecule has 2 aliphatic rings. The molecule has 5 nitrogen and oxygen atoms in total. The van der Waals surface area contributed by atoms with Crippen LogP contribution in [0.2, 0.25) is 0 Å². The molecule has 1 saturated heterocycles. The van der Waals surface area contributed by atoms with E-state index in [2.05, 4.69) is 5.10 Å². The number of hydrogen-bond acceptors (Lipinski definition) is 7. The average Bonchev–Trinajstić information content (AvgIpc) is 3.49. The van der Waals surface area contributed by atoms with Gasteiger partial charge in [-0.2, -0.15) is 5.10 Å². The van der Waals surface area contributed by atoms with Gasteiger partial charge in [-0.3, -0.25) is 14.5 Å². The van der Waals surface area contributed by atoms with Crippen LogP contribution in [0.1, 0.15) is 17.4 Å². The lowest BCUT2D eigenvalue weighted by molar-refractivity contribution is -0.114. The molecule has 1 aromatic heterocycles. The number of anilines is 2. The summed E-state index contributed by atoms with van der Waals surface area (Å²) in [4.78, 5) is 29.5. The van der Waals surface area contributed by atoms with E-state index >= 15 is 0 Å². The van der Waals surface area contributed by atoms with Gasteiger partial charge in [-0.15, -0.1) is 11.3 Å². The molecule has 1 amide bonds. The van der Waals surface area contributed by atoms with Crippen molar-refractivity contribution in [3.63, 3.8) is 0 Å². The minimum absolute atomic E-state index is 0.112. The Kier molecular flexibility index (Phi) is 5.44. The van der Waals surface area contributed by atoms with Crippen LogP contribution in [0.4, 0.5) is 11.4 Å². The lowest BCUT2D eigenvalue weighted by Crippen LogP contribution is -2.51. The number of nitrogens with zero attached hydrogens (tertiary/aromatic N) is 3. The Morgan fingerprint density at radius 2 is 1.72 bits per heavy atom. The highest BCUT2D eigenvalue weighted by molar-refractivity contribution is 8.29. The van der Waals surface area contributed by atoms with Crippen molar-refractivity contribution in [2.75, 3.05) is 9.91 Å². The average molecular weight is 478 g/mol. The number of hydrogen-bond donors (Lipinski definition) is 0. The summed E-state index contributed by atoms with van der Waals surface area (Å²) < 4.78 is -0.974. The molecule has 160 valence electrons. The number of aryl methyl sites for hydroxylation is 1. The number of amides is 1. The lowest BCUT2D eigenvalue weighted by atomic mass is 10.2. The number of thiophene rings is 1. The summed E-state index contributed by atoms with van der Waals surface area (Å²) in [6.45, 7) is 3.53. The van der Waals surface area contributed by atoms with Crippen LogP contribution in [-0.4, -0.2) is 21.1 Å². The first kappa shape index (κ1) is 21.1. The summed E-state index contributed by atoms with van der Waals surface area (Å²) in [5.74, 6) is -0.236. The molecule has 8 heteroatoms. The van der Waals surface area contributed by atoms with Gasteiger partial charge in [0.2, 0.25) is 4.33 Å². The van der Waals surface area contributed by atoms with Crippen molar-refractivity contribution in [2.24, 2.45) is 5.10 Å². The van der Waals surface area contributed by atoms with E-state index in [0.717, 1.165) is 21.8 Å². The summed E-state index contributed by atoms with van der Waals surface area (Å²) in [6, 6.07) is 21.5. The second kappa shape index (κ2) is 8.27. The smallest absolute Gasteiger partial charge is 0.268 e. The van der Waals surface area contributed by atoms with Crippen LogP contribution >= 0.6 is 34.9 Å². The fourth-order valence-electron chi connectivity index (χ4n) is 3.52. The highest BCUT2D eigenvalue weighted by Crippen LogP contribution is 2.59. The first-order chi connectivity index (χ1) is 15.5. The highest BCUT2D eigenvalue weighted by Gasteiger charge is 2.59. The summed E-state index contributed by atoms with van der Waals surface area (Å²) in [6.07, 6.45) is 1.92. The van der Waals surface area contributed by atoms with Gasteiger partial charge in [-0.05, 0) is 60.5 Å². The predicted octanol–water partition coefficient (Wildman–Crippen LogP) is 5.94. The molecular weight excluding hydrogens is 458 g/mol. The Morgan fingerprint density at radius 3 is 2.38 bits per heavy atom. The van der Waals surface area contributed by atoms with Crippen molar-refractivity contribution < 1.29 is 9.59 Å². The van der Waals surface area contributed by atoms with E-state index in [9.17, 15) is 9.59 Å². The maximum Gasteiger partial charge on any atom is 0.268 e. The van der Waals surface area contributed by atoms with E-state index in [-0.39, 0.29) is 11.7 Å². The third-order valence-corrected chi connectivity index (χ3v) is 8.68. The maximum atomic E-state index is 13.8. The molecule has 5 rings (SSSR count). The molecular formula is C24H19N3O2S3. The SMILES string of the molecule is CC(=O)C1=NN(c2ccc(C)cc2)C2(SC(=Cc3cccs3)C(=O)N2c2ccccc2)S1. The van der Waals surface area contributed by atoms with E-state index < -0.39 is 4.33 Å². The number of rotatable bonds is 4. The largest absolute Gasteiger partial charge is 0.292 e. The first-order valence-corrected chi connectivity index (χ1v) is 12.5. The fourth-order valence-corrected chi connectivity index (χ4v) is 7.12. The van der Waals surface area contributed by atoms with Gasteiger partial charge in [0.15, 0.2) is 10.8 Å². The third-order valence-electron chi connectivity index (χ3n) is 5.04. The fraction of sp³-hybridized carbons (Fsp3) is 0.125. The molecule has 3 heterocycles. The molecule has 0 radical (unpaired) electrons. The van der Waals surface area contributed by atoms with Gasteiger partial charge in [0.1, 0.15) is 0 Å². The number of ketones is 1. The summed E-state index contributed by atoms with van der Waals surface area (Å²) >= 11 is 4.32. The number of thioether (sulfide) groups is 2. The molecule has 0 N–H and O–H groups in total. The predicted molar refractivity (Wildman–Crippen MR) is 136 cm³/mol. The summed E-state index contributed by atoms with van der Waals surface area (Å²) in [7, 11) is 0. The number of benzene rings is 2. The van der Waals surface area contributed by atoms with E-state index in [1.807, 2.05) is 85.1 Å². The van der Waals surface area contributed by atoms with Crippen LogP contribution in [0.25, 0.3) is 6.08 Å². The Balaban J connectivity index is 1.69. The van der Waals surface area contributed by atoms with Crippen LogP contribution in [0.5, 0.6) is 0 Å².